The summed E-state index contributed by atoms with van der Waals surface area (Å²) in [5.41, 5.74) is -0.603. The highest BCUT2D eigenvalue weighted by Crippen LogP contribution is 2.33. The van der Waals surface area contributed by atoms with Crippen LogP contribution in [0.1, 0.15) is 205 Å². The second-order valence-corrected chi connectivity index (χ2v) is 17.5. The van der Waals surface area contributed by atoms with Crippen molar-refractivity contribution in [1.29, 1.82) is 0 Å². The summed E-state index contributed by atoms with van der Waals surface area (Å²) in [6.07, 6.45) is 19.4. The Hall–Kier alpha value is -2.25. The molecule has 1 unspecified atom stereocenters. The molecule has 0 heterocycles. The number of rotatable bonds is 29. The fraction of sp³-hybridized carbons (Fsp3) is 0.884. The molecule has 0 rings (SSSR count). The average Bonchev–Trinajstić information content (AvgIpc) is 3.03. The molecule has 0 saturated heterocycles. The monoisotopic (exact) mass is 721 g/mol. The first-order valence-electron chi connectivity index (χ1n) is 20.7. The van der Waals surface area contributed by atoms with Crippen molar-refractivity contribution in [3.63, 3.8) is 0 Å². The topological polar surface area (TPSA) is 119 Å². The largest absolute Gasteiger partial charge is 0.458 e. The van der Waals surface area contributed by atoms with E-state index in [0.717, 1.165) is 44.9 Å². The minimum Gasteiger partial charge on any atom is -0.458 e. The van der Waals surface area contributed by atoms with Gasteiger partial charge in [-0.1, -0.05) is 132 Å². The molecule has 0 aliphatic rings. The number of hydrogen-bond donors (Lipinski definition) is 2. The number of nitrogens with one attached hydrogen (secondary N) is 2. The van der Waals surface area contributed by atoms with Crippen molar-refractivity contribution in [2.24, 2.45) is 23.2 Å². The Bertz CT molecular complexity index is 1010. The predicted octanol–water partition coefficient (Wildman–Crippen LogP) is 10.2. The standard InChI is InChI=1S/C43H80N2O6/c1-12-32(3)38(40(49)45-39(33(4)13-2)41(50)51-43(9,10)11)44-37(48)28-26-24-22-20-18-16-14-15-17-19-21-23-25-27-36(47)31-35(42(6,7)8)30-29-34(5)46/h32-33,35,38-39H,12-31H2,1-11H3,(H,44,48)(H,45,49)/t32-,33-,35?,38-,39-/m0/s1. The molecule has 8 heteroatoms. The first-order chi connectivity index (χ1) is 23.8. The van der Waals surface area contributed by atoms with Gasteiger partial charge >= 0.3 is 5.97 Å². The van der Waals surface area contributed by atoms with E-state index in [1.54, 1.807) is 6.92 Å². The Morgan fingerprint density at radius 1 is 0.588 bits per heavy atom. The lowest BCUT2D eigenvalue weighted by Gasteiger charge is -2.30. The smallest absolute Gasteiger partial charge is 0.329 e. The van der Waals surface area contributed by atoms with Crippen molar-refractivity contribution in [1.82, 2.24) is 10.6 Å². The molecular weight excluding hydrogens is 640 g/mol. The van der Waals surface area contributed by atoms with Crippen LogP contribution in [0.3, 0.4) is 0 Å². The highest BCUT2D eigenvalue weighted by molar-refractivity contribution is 5.91. The number of carbonyl (C=O) groups is 5. The summed E-state index contributed by atoms with van der Waals surface area (Å²) in [5, 5.41) is 5.86. The Labute approximate surface area is 313 Å². The van der Waals surface area contributed by atoms with Gasteiger partial charge < -0.3 is 20.2 Å². The molecule has 298 valence electrons. The summed E-state index contributed by atoms with van der Waals surface area (Å²) in [6, 6.07) is -1.45. The third-order valence-corrected chi connectivity index (χ3v) is 10.4. The number of hydrogen-bond acceptors (Lipinski definition) is 6. The summed E-state index contributed by atoms with van der Waals surface area (Å²) in [4.78, 5) is 63.0. The molecular formula is C43H80N2O6. The van der Waals surface area contributed by atoms with Crippen LogP contribution in [0, 0.1) is 23.2 Å². The second-order valence-electron chi connectivity index (χ2n) is 17.5. The zero-order valence-corrected chi connectivity index (χ0v) is 35.0. The molecule has 0 aromatic rings. The van der Waals surface area contributed by atoms with Crippen LogP contribution in [0.25, 0.3) is 0 Å². The molecule has 0 bridgehead atoms. The third kappa shape index (κ3) is 24.6. The fourth-order valence-electron chi connectivity index (χ4n) is 6.37. The van der Waals surface area contributed by atoms with Gasteiger partial charge in [0, 0.05) is 25.7 Å². The van der Waals surface area contributed by atoms with Gasteiger partial charge in [0.05, 0.1) is 0 Å². The minimum absolute atomic E-state index is 0.0497. The van der Waals surface area contributed by atoms with Crippen LogP contribution in [0.2, 0.25) is 0 Å². The van der Waals surface area contributed by atoms with Gasteiger partial charge in [-0.3, -0.25) is 14.4 Å². The number of esters is 1. The molecule has 5 atom stereocenters. The summed E-state index contributed by atoms with van der Waals surface area (Å²) in [5.74, 6) is -0.219. The van der Waals surface area contributed by atoms with Gasteiger partial charge in [0.1, 0.15) is 29.3 Å². The van der Waals surface area contributed by atoms with Gasteiger partial charge in [-0.15, -0.1) is 0 Å². The molecule has 0 spiro atoms. The molecule has 0 aromatic carbocycles. The fourth-order valence-corrected chi connectivity index (χ4v) is 6.37. The zero-order valence-electron chi connectivity index (χ0n) is 35.0. The Morgan fingerprint density at radius 2 is 1.02 bits per heavy atom. The maximum absolute atomic E-state index is 13.3. The molecule has 2 amide bonds. The predicted molar refractivity (Wildman–Crippen MR) is 210 cm³/mol. The maximum Gasteiger partial charge on any atom is 0.329 e. The quantitative estimate of drug-likeness (QED) is 0.0587. The Balaban J connectivity index is 4.19. The highest BCUT2D eigenvalue weighted by Gasteiger charge is 2.34. The van der Waals surface area contributed by atoms with E-state index in [2.05, 4.69) is 31.4 Å². The SMILES string of the molecule is CC[C@H](C)[C@H](NC(=O)CCCCCCCCCCCCCCCC(=O)CC(CCC(C)=O)C(C)(C)C)C(=O)N[C@H](C(=O)OC(C)(C)C)[C@@H](C)CC. The van der Waals surface area contributed by atoms with E-state index in [9.17, 15) is 24.0 Å². The van der Waals surface area contributed by atoms with Gasteiger partial charge in [-0.2, -0.15) is 0 Å². The van der Waals surface area contributed by atoms with Crippen molar-refractivity contribution in [2.45, 2.75) is 222 Å². The second kappa shape index (κ2) is 26.5. The van der Waals surface area contributed by atoms with Crippen LogP contribution in [-0.4, -0.2) is 47.0 Å². The van der Waals surface area contributed by atoms with Crippen molar-refractivity contribution in [2.75, 3.05) is 0 Å². The molecule has 51 heavy (non-hydrogen) atoms. The van der Waals surface area contributed by atoms with Gasteiger partial charge in [-0.05, 0) is 70.1 Å². The molecule has 0 radical (unpaired) electrons. The van der Waals surface area contributed by atoms with E-state index in [1.165, 1.54) is 51.4 Å². The first-order valence-corrected chi connectivity index (χ1v) is 20.7. The Morgan fingerprint density at radius 3 is 1.43 bits per heavy atom. The third-order valence-electron chi connectivity index (χ3n) is 10.4. The van der Waals surface area contributed by atoms with Crippen LogP contribution in [-0.2, 0) is 28.7 Å². The zero-order chi connectivity index (χ0) is 39.0. The molecule has 0 aliphatic carbocycles. The molecule has 0 fully saturated rings. The summed E-state index contributed by atoms with van der Waals surface area (Å²) in [6.45, 7) is 21.4. The number of ether oxygens (including phenoxy) is 1. The Kier molecular flexibility index (Phi) is 25.3. The van der Waals surface area contributed by atoms with E-state index in [0.29, 0.717) is 37.9 Å². The van der Waals surface area contributed by atoms with E-state index in [1.807, 2.05) is 48.5 Å². The van der Waals surface area contributed by atoms with Crippen LogP contribution in [0.4, 0.5) is 0 Å². The van der Waals surface area contributed by atoms with Crippen LogP contribution < -0.4 is 10.6 Å². The number of carbonyl (C=O) groups excluding carboxylic acids is 5. The van der Waals surface area contributed by atoms with E-state index in [4.69, 9.17) is 4.74 Å². The number of ketones is 2. The lowest BCUT2D eigenvalue weighted by molar-refractivity contribution is -0.160. The normalized spacial score (nSPS) is 15.0. The summed E-state index contributed by atoms with van der Waals surface area (Å²) < 4.78 is 5.58. The first kappa shape index (κ1) is 48.8. The minimum atomic E-state index is -0.762. The van der Waals surface area contributed by atoms with Crippen molar-refractivity contribution < 1.29 is 28.7 Å². The van der Waals surface area contributed by atoms with Crippen LogP contribution in [0.5, 0.6) is 0 Å². The van der Waals surface area contributed by atoms with Crippen LogP contribution in [0.15, 0.2) is 0 Å². The van der Waals surface area contributed by atoms with Crippen molar-refractivity contribution >= 4 is 29.4 Å². The lowest BCUT2D eigenvalue weighted by atomic mass is 9.75. The van der Waals surface area contributed by atoms with E-state index < -0.39 is 23.7 Å². The molecule has 8 nitrogen and oxygen atoms in total. The average molecular weight is 721 g/mol. The maximum atomic E-state index is 13.3. The van der Waals surface area contributed by atoms with Crippen LogP contribution >= 0.6 is 0 Å². The molecule has 0 saturated carbocycles. The van der Waals surface area contributed by atoms with Crippen molar-refractivity contribution in [3.05, 3.63) is 0 Å². The number of unbranched alkanes of at least 4 members (excludes halogenated alkanes) is 12. The number of amides is 2. The summed E-state index contributed by atoms with van der Waals surface area (Å²) >= 11 is 0. The molecule has 2 N–H and O–H groups in total. The van der Waals surface area contributed by atoms with E-state index in [-0.39, 0.29) is 40.8 Å². The summed E-state index contributed by atoms with van der Waals surface area (Å²) in [7, 11) is 0. The van der Waals surface area contributed by atoms with Gasteiger partial charge in [0.15, 0.2) is 0 Å². The highest BCUT2D eigenvalue weighted by atomic mass is 16.6. The molecule has 0 aliphatic heterocycles. The lowest BCUT2D eigenvalue weighted by Crippen LogP contribution is -2.56. The van der Waals surface area contributed by atoms with Gasteiger partial charge in [0.2, 0.25) is 11.8 Å². The van der Waals surface area contributed by atoms with Gasteiger partial charge in [-0.25, -0.2) is 4.79 Å². The van der Waals surface area contributed by atoms with Crippen molar-refractivity contribution in [3.8, 4) is 0 Å². The number of Topliss-reactive ketones (excluding diaryl/α,β-unsaturated/α-hetero) is 2. The van der Waals surface area contributed by atoms with E-state index >= 15 is 0 Å². The molecule has 0 aromatic heterocycles. The van der Waals surface area contributed by atoms with Gasteiger partial charge in [0.25, 0.3) is 0 Å².